The molecule has 5 rings (SSSR count). The highest BCUT2D eigenvalue weighted by Crippen LogP contribution is 2.38. The molecule has 3 aromatic rings. The number of rotatable bonds is 7. The van der Waals surface area contributed by atoms with Crippen LogP contribution in [-0.4, -0.2) is 49.7 Å². The van der Waals surface area contributed by atoms with Crippen molar-refractivity contribution in [2.24, 2.45) is 0 Å². The van der Waals surface area contributed by atoms with Crippen LogP contribution in [0.15, 0.2) is 78.6 Å². The van der Waals surface area contributed by atoms with Crippen molar-refractivity contribution < 1.29 is 27.8 Å². The lowest BCUT2D eigenvalue weighted by Gasteiger charge is -2.37. The summed E-state index contributed by atoms with van der Waals surface area (Å²) in [5, 5.41) is 13.9. The van der Waals surface area contributed by atoms with Crippen LogP contribution in [0.25, 0.3) is 0 Å². The van der Waals surface area contributed by atoms with E-state index in [-0.39, 0.29) is 34.7 Å². The van der Waals surface area contributed by atoms with Crippen LogP contribution in [0.4, 0.5) is 14.5 Å². The van der Waals surface area contributed by atoms with Crippen LogP contribution in [0.3, 0.4) is 0 Å². The SMILES string of the molecule is COc1cccc(C(F)(F)c2ccc(N3C(=O)C4C(NC(=O)c5ccc(OC)c(C#N)c5)CNN4C=C3C)cc2)c1. The van der Waals surface area contributed by atoms with Crippen molar-refractivity contribution in [3.8, 4) is 17.6 Å². The van der Waals surface area contributed by atoms with Gasteiger partial charge >= 0.3 is 0 Å². The number of halogens is 2. The Morgan fingerprint density at radius 2 is 1.83 bits per heavy atom. The summed E-state index contributed by atoms with van der Waals surface area (Å²) in [7, 11) is 2.85. The van der Waals surface area contributed by atoms with Crippen LogP contribution in [0, 0.1) is 11.3 Å². The number of nitrogens with zero attached hydrogens (tertiary/aromatic N) is 3. The summed E-state index contributed by atoms with van der Waals surface area (Å²) < 4.78 is 40.8. The number of alkyl halides is 2. The second-order valence-electron chi connectivity index (χ2n) is 9.62. The van der Waals surface area contributed by atoms with Crippen LogP contribution in [0.1, 0.15) is 34.0 Å². The molecule has 0 radical (unpaired) electrons. The average Bonchev–Trinajstić information content (AvgIpc) is 3.39. The number of nitriles is 1. The Balaban J connectivity index is 1.36. The van der Waals surface area contributed by atoms with E-state index in [2.05, 4.69) is 10.7 Å². The summed E-state index contributed by atoms with van der Waals surface area (Å²) in [5.41, 5.74) is 4.12. The topological polar surface area (TPSA) is 107 Å². The summed E-state index contributed by atoms with van der Waals surface area (Å²) in [6.45, 7) is 2.02. The Morgan fingerprint density at radius 1 is 1.07 bits per heavy atom. The van der Waals surface area contributed by atoms with Gasteiger partial charge in [-0.25, -0.2) is 5.43 Å². The number of anilines is 1. The van der Waals surface area contributed by atoms with Gasteiger partial charge in [0.2, 0.25) is 0 Å². The van der Waals surface area contributed by atoms with Crippen molar-refractivity contribution in [3.05, 3.63) is 101 Å². The third-order valence-electron chi connectivity index (χ3n) is 7.15. The molecular weight excluding hydrogens is 532 g/mol. The van der Waals surface area contributed by atoms with Gasteiger partial charge in [-0.2, -0.15) is 14.0 Å². The Bertz CT molecular complexity index is 1570. The van der Waals surface area contributed by atoms with Crippen molar-refractivity contribution in [3.63, 3.8) is 0 Å². The summed E-state index contributed by atoms with van der Waals surface area (Å²) in [5.74, 6) is -3.39. The maximum absolute atomic E-state index is 15.3. The lowest BCUT2D eigenvalue weighted by molar-refractivity contribution is -0.123. The highest BCUT2D eigenvalue weighted by atomic mass is 19.3. The lowest BCUT2D eigenvalue weighted by Crippen LogP contribution is -2.56. The Morgan fingerprint density at radius 3 is 2.51 bits per heavy atom. The lowest BCUT2D eigenvalue weighted by atomic mass is 9.99. The number of nitrogens with one attached hydrogen (secondary N) is 2. The molecular formula is C30H27F2N5O4. The standard InChI is InChI=1S/C30H27F2N5O4/c1-18-17-36-27(25(16-34-36)35-28(38)19-7-12-26(41-3)20(13-19)15-33)29(39)37(18)23-10-8-21(9-11-23)30(31,32)22-5-4-6-24(14-22)40-2/h4-14,17,25,27,34H,16H2,1-3H3,(H,35,38). The zero-order valence-corrected chi connectivity index (χ0v) is 22.5. The van der Waals surface area contributed by atoms with Crippen LogP contribution in [0.5, 0.6) is 11.5 Å². The fourth-order valence-electron chi connectivity index (χ4n) is 5.04. The minimum atomic E-state index is -3.28. The smallest absolute Gasteiger partial charge is 0.298 e. The molecule has 0 saturated carbocycles. The molecule has 0 spiro atoms. The molecule has 9 nitrogen and oxygen atoms in total. The number of hydrogen-bond acceptors (Lipinski definition) is 7. The maximum atomic E-state index is 15.3. The van der Waals surface area contributed by atoms with Gasteiger partial charge in [0, 0.05) is 40.8 Å². The quantitative estimate of drug-likeness (QED) is 0.452. The molecule has 0 bridgehead atoms. The third kappa shape index (κ3) is 5.05. The van der Waals surface area contributed by atoms with Crippen LogP contribution >= 0.6 is 0 Å². The predicted octanol–water partition coefficient (Wildman–Crippen LogP) is 3.91. The molecule has 11 heteroatoms. The molecule has 1 fully saturated rings. The first-order valence-electron chi connectivity index (χ1n) is 12.7. The largest absolute Gasteiger partial charge is 0.497 e. The van der Waals surface area contributed by atoms with Crippen molar-refractivity contribution in [1.29, 1.82) is 5.26 Å². The van der Waals surface area contributed by atoms with Crippen LogP contribution < -0.4 is 25.1 Å². The molecule has 2 heterocycles. The normalized spacial score (nSPS) is 18.3. The van der Waals surface area contributed by atoms with Gasteiger partial charge in [0.25, 0.3) is 17.7 Å². The van der Waals surface area contributed by atoms with E-state index in [1.165, 1.54) is 79.8 Å². The molecule has 2 unspecified atom stereocenters. The van der Waals surface area contributed by atoms with Gasteiger partial charge in [0.15, 0.2) is 0 Å². The number of allylic oxidation sites excluding steroid dienone is 1. The second-order valence-corrected chi connectivity index (χ2v) is 9.62. The molecule has 41 heavy (non-hydrogen) atoms. The van der Waals surface area contributed by atoms with Crippen molar-refractivity contribution in [1.82, 2.24) is 15.8 Å². The highest BCUT2D eigenvalue weighted by molar-refractivity contribution is 6.02. The second kappa shape index (κ2) is 10.9. The number of hydrogen-bond donors (Lipinski definition) is 2. The van der Waals surface area contributed by atoms with Crippen LogP contribution in [-0.2, 0) is 10.7 Å². The zero-order chi connectivity index (χ0) is 29.3. The molecule has 2 atom stereocenters. The average molecular weight is 560 g/mol. The number of carbonyl (C=O) groups excluding carboxylic acids is 2. The maximum Gasteiger partial charge on any atom is 0.298 e. The number of hydrazine groups is 1. The van der Waals surface area contributed by atoms with E-state index in [4.69, 9.17) is 9.47 Å². The molecule has 210 valence electrons. The van der Waals surface area contributed by atoms with Gasteiger partial charge in [0.05, 0.1) is 25.8 Å². The van der Waals surface area contributed by atoms with Gasteiger partial charge < -0.3 is 14.8 Å². The monoisotopic (exact) mass is 559 g/mol. The van der Waals surface area contributed by atoms with E-state index in [9.17, 15) is 14.9 Å². The van der Waals surface area contributed by atoms with Gasteiger partial charge in [-0.3, -0.25) is 19.5 Å². The fraction of sp³-hybridized carbons (Fsp3) is 0.233. The Labute approximate surface area is 235 Å². The summed E-state index contributed by atoms with van der Waals surface area (Å²) in [6, 6.07) is 16.4. The van der Waals surface area contributed by atoms with E-state index in [0.29, 0.717) is 22.9 Å². The van der Waals surface area contributed by atoms with E-state index in [1.54, 1.807) is 24.2 Å². The first-order valence-corrected chi connectivity index (χ1v) is 12.7. The van der Waals surface area contributed by atoms with Gasteiger partial charge in [0.1, 0.15) is 23.6 Å². The predicted molar refractivity (Wildman–Crippen MR) is 146 cm³/mol. The molecule has 0 aromatic heterocycles. The molecule has 2 N–H and O–H groups in total. The number of amides is 2. The number of fused-ring (bicyclic) bond motifs is 1. The molecule has 1 saturated heterocycles. The molecule has 2 aliphatic heterocycles. The number of carbonyl (C=O) groups is 2. The van der Waals surface area contributed by atoms with E-state index in [1.807, 2.05) is 6.07 Å². The summed E-state index contributed by atoms with van der Waals surface area (Å²) in [6.07, 6.45) is 1.73. The Kier molecular flexibility index (Phi) is 7.34. The summed E-state index contributed by atoms with van der Waals surface area (Å²) >= 11 is 0. The first-order chi connectivity index (χ1) is 19.7. The van der Waals surface area contributed by atoms with Gasteiger partial charge in [-0.1, -0.05) is 24.3 Å². The molecule has 3 aromatic carbocycles. The molecule has 2 aliphatic rings. The van der Waals surface area contributed by atoms with Crippen molar-refractivity contribution >= 4 is 17.5 Å². The van der Waals surface area contributed by atoms with Crippen LogP contribution in [0.2, 0.25) is 0 Å². The number of benzene rings is 3. The molecule has 2 amide bonds. The fourth-order valence-corrected chi connectivity index (χ4v) is 5.04. The third-order valence-corrected chi connectivity index (χ3v) is 7.15. The van der Waals surface area contributed by atoms with Crippen molar-refractivity contribution in [2.75, 3.05) is 25.7 Å². The van der Waals surface area contributed by atoms with E-state index >= 15 is 8.78 Å². The van der Waals surface area contributed by atoms with E-state index in [0.717, 1.165) is 0 Å². The first kappa shape index (κ1) is 27.6. The van der Waals surface area contributed by atoms with E-state index < -0.39 is 23.9 Å². The number of methoxy groups -OCH3 is 2. The molecule has 0 aliphatic carbocycles. The van der Waals surface area contributed by atoms with Crippen molar-refractivity contribution in [2.45, 2.75) is 24.9 Å². The highest BCUT2D eigenvalue weighted by Gasteiger charge is 2.45. The summed E-state index contributed by atoms with van der Waals surface area (Å²) in [4.78, 5) is 28.2. The zero-order valence-electron chi connectivity index (χ0n) is 22.5. The Hall–Kier alpha value is -4.95. The minimum Gasteiger partial charge on any atom is -0.497 e. The number of ether oxygens (including phenoxy) is 2. The minimum absolute atomic E-state index is 0.209. The van der Waals surface area contributed by atoms with Gasteiger partial charge in [-0.15, -0.1) is 0 Å². The van der Waals surface area contributed by atoms with Gasteiger partial charge in [-0.05, 0) is 49.4 Å².